The normalized spacial score (nSPS) is 23.4. The van der Waals surface area contributed by atoms with Crippen molar-refractivity contribution in [1.29, 1.82) is 0 Å². The molecule has 0 saturated heterocycles. The lowest BCUT2D eigenvalue weighted by Crippen LogP contribution is -2.17. The van der Waals surface area contributed by atoms with Gasteiger partial charge in [-0.05, 0) is 42.5 Å². The maximum absolute atomic E-state index is 6.18. The van der Waals surface area contributed by atoms with E-state index in [0.29, 0.717) is 13.2 Å². The van der Waals surface area contributed by atoms with Crippen LogP contribution >= 0.6 is 0 Å². The standard InChI is InChI=1S/C13H17NO2/c14-11-4-2-1-3-9-7-12-13(8-10(9)11)16-6-5-15-12/h7-8,11H,1-6,14H2. The summed E-state index contributed by atoms with van der Waals surface area (Å²) in [6, 6.07) is 4.36. The second-order valence-electron chi connectivity index (χ2n) is 4.55. The zero-order chi connectivity index (χ0) is 11.0. The summed E-state index contributed by atoms with van der Waals surface area (Å²) in [5.74, 6) is 1.75. The van der Waals surface area contributed by atoms with Crippen LogP contribution in [0.1, 0.15) is 36.4 Å². The molecule has 0 saturated carbocycles. The molecular weight excluding hydrogens is 202 g/mol. The maximum atomic E-state index is 6.18. The van der Waals surface area contributed by atoms with Crippen LogP contribution in [0.5, 0.6) is 11.5 Å². The number of hydrogen-bond acceptors (Lipinski definition) is 3. The van der Waals surface area contributed by atoms with Crippen LogP contribution < -0.4 is 15.2 Å². The number of hydrogen-bond donors (Lipinski definition) is 1. The highest BCUT2D eigenvalue weighted by molar-refractivity contribution is 5.49. The zero-order valence-corrected chi connectivity index (χ0v) is 9.37. The van der Waals surface area contributed by atoms with Crippen molar-refractivity contribution in [1.82, 2.24) is 0 Å². The van der Waals surface area contributed by atoms with Crippen molar-refractivity contribution in [3.05, 3.63) is 23.3 Å². The summed E-state index contributed by atoms with van der Waals surface area (Å²) in [6.07, 6.45) is 4.62. The van der Waals surface area contributed by atoms with Crippen molar-refractivity contribution in [2.75, 3.05) is 13.2 Å². The molecule has 1 unspecified atom stereocenters. The third kappa shape index (κ3) is 1.65. The quantitative estimate of drug-likeness (QED) is 0.680. The number of nitrogens with two attached hydrogens (primary N) is 1. The summed E-state index contributed by atoms with van der Waals surface area (Å²) in [5, 5.41) is 0. The predicted molar refractivity (Wildman–Crippen MR) is 61.9 cm³/mol. The Morgan fingerprint density at radius 3 is 2.62 bits per heavy atom. The molecule has 2 N–H and O–H groups in total. The van der Waals surface area contributed by atoms with Gasteiger partial charge in [0.1, 0.15) is 13.2 Å². The monoisotopic (exact) mass is 219 g/mol. The highest BCUT2D eigenvalue weighted by Crippen LogP contribution is 2.37. The molecule has 16 heavy (non-hydrogen) atoms. The van der Waals surface area contributed by atoms with E-state index in [4.69, 9.17) is 15.2 Å². The van der Waals surface area contributed by atoms with Crippen LogP contribution in [0.3, 0.4) is 0 Å². The fourth-order valence-electron chi connectivity index (χ4n) is 2.54. The first-order valence-corrected chi connectivity index (χ1v) is 6.02. The average molecular weight is 219 g/mol. The average Bonchev–Trinajstić information content (AvgIpc) is 2.49. The van der Waals surface area contributed by atoms with Gasteiger partial charge in [-0.1, -0.05) is 6.42 Å². The Morgan fingerprint density at radius 2 is 1.81 bits per heavy atom. The van der Waals surface area contributed by atoms with E-state index < -0.39 is 0 Å². The van der Waals surface area contributed by atoms with Crippen LogP contribution in [0.25, 0.3) is 0 Å². The molecular formula is C13H17NO2. The molecule has 1 aromatic rings. The lowest BCUT2D eigenvalue weighted by molar-refractivity contribution is 0.171. The van der Waals surface area contributed by atoms with Gasteiger partial charge in [-0.3, -0.25) is 0 Å². The third-order valence-corrected chi connectivity index (χ3v) is 3.41. The van der Waals surface area contributed by atoms with Crippen molar-refractivity contribution in [2.45, 2.75) is 31.7 Å². The Labute approximate surface area is 95.5 Å². The maximum Gasteiger partial charge on any atom is 0.161 e. The summed E-state index contributed by atoms with van der Waals surface area (Å²) >= 11 is 0. The fraction of sp³-hybridized carbons (Fsp3) is 0.538. The van der Waals surface area contributed by atoms with E-state index in [1.807, 2.05) is 0 Å². The minimum absolute atomic E-state index is 0.160. The molecule has 0 aromatic heterocycles. The molecule has 3 nitrogen and oxygen atoms in total. The van der Waals surface area contributed by atoms with Gasteiger partial charge in [0.2, 0.25) is 0 Å². The number of benzene rings is 1. The smallest absolute Gasteiger partial charge is 0.161 e. The molecule has 3 heteroatoms. The van der Waals surface area contributed by atoms with Crippen LogP contribution in [0, 0.1) is 0 Å². The highest BCUT2D eigenvalue weighted by Gasteiger charge is 2.20. The molecule has 0 fully saturated rings. The third-order valence-electron chi connectivity index (χ3n) is 3.41. The zero-order valence-electron chi connectivity index (χ0n) is 9.37. The lowest BCUT2D eigenvalue weighted by Gasteiger charge is -2.22. The summed E-state index contributed by atoms with van der Waals surface area (Å²) in [5.41, 5.74) is 8.78. The molecule has 2 aliphatic rings. The summed E-state index contributed by atoms with van der Waals surface area (Å²) < 4.78 is 11.2. The molecule has 0 amide bonds. The summed E-state index contributed by atoms with van der Waals surface area (Å²) in [7, 11) is 0. The fourth-order valence-corrected chi connectivity index (χ4v) is 2.54. The molecule has 1 heterocycles. The summed E-state index contributed by atoms with van der Waals surface area (Å²) in [4.78, 5) is 0. The molecule has 0 spiro atoms. The number of aryl methyl sites for hydroxylation is 1. The SMILES string of the molecule is NC1CCCCc2cc3c(cc21)OCCO3. The van der Waals surface area contributed by atoms with Crippen molar-refractivity contribution in [2.24, 2.45) is 5.73 Å². The first-order valence-electron chi connectivity index (χ1n) is 6.02. The van der Waals surface area contributed by atoms with Crippen LogP contribution in [-0.2, 0) is 6.42 Å². The highest BCUT2D eigenvalue weighted by atomic mass is 16.6. The van der Waals surface area contributed by atoms with Gasteiger partial charge in [0, 0.05) is 6.04 Å². The first-order chi connectivity index (χ1) is 7.84. The first kappa shape index (κ1) is 9.97. The van der Waals surface area contributed by atoms with Crippen LogP contribution in [0.2, 0.25) is 0 Å². The van der Waals surface area contributed by atoms with Gasteiger partial charge in [-0.15, -0.1) is 0 Å². The number of rotatable bonds is 0. The van der Waals surface area contributed by atoms with Crippen molar-refractivity contribution >= 4 is 0 Å². The van der Waals surface area contributed by atoms with Gasteiger partial charge >= 0.3 is 0 Å². The van der Waals surface area contributed by atoms with Gasteiger partial charge in [0.05, 0.1) is 0 Å². The van der Waals surface area contributed by atoms with E-state index >= 15 is 0 Å². The van der Waals surface area contributed by atoms with Gasteiger partial charge < -0.3 is 15.2 Å². The Balaban J connectivity index is 2.06. The molecule has 0 radical (unpaired) electrons. The van der Waals surface area contributed by atoms with Crippen molar-refractivity contribution in [3.63, 3.8) is 0 Å². The lowest BCUT2D eigenvalue weighted by atomic mass is 9.98. The predicted octanol–water partition coefficient (Wildman–Crippen LogP) is 2.18. The number of ether oxygens (including phenoxy) is 2. The van der Waals surface area contributed by atoms with Gasteiger partial charge in [-0.2, -0.15) is 0 Å². The molecule has 0 bridgehead atoms. The molecule has 86 valence electrons. The second kappa shape index (κ2) is 3.98. The van der Waals surface area contributed by atoms with E-state index in [9.17, 15) is 0 Å². The molecule has 1 aliphatic heterocycles. The molecule has 1 aromatic carbocycles. The van der Waals surface area contributed by atoms with E-state index in [-0.39, 0.29) is 6.04 Å². The van der Waals surface area contributed by atoms with E-state index in [2.05, 4.69) is 12.1 Å². The van der Waals surface area contributed by atoms with Crippen LogP contribution in [0.15, 0.2) is 12.1 Å². The van der Waals surface area contributed by atoms with Crippen molar-refractivity contribution < 1.29 is 9.47 Å². The Bertz CT molecular complexity index is 403. The molecule has 1 atom stereocenters. The number of fused-ring (bicyclic) bond motifs is 2. The van der Waals surface area contributed by atoms with Gasteiger partial charge in [-0.25, -0.2) is 0 Å². The molecule has 1 aliphatic carbocycles. The topological polar surface area (TPSA) is 44.5 Å². The largest absolute Gasteiger partial charge is 0.486 e. The van der Waals surface area contributed by atoms with Crippen LogP contribution in [0.4, 0.5) is 0 Å². The Morgan fingerprint density at radius 1 is 1.06 bits per heavy atom. The van der Waals surface area contributed by atoms with Crippen molar-refractivity contribution in [3.8, 4) is 11.5 Å². The van der Waals surface area contributed by atoms with E-state index in [1.54, 1.807) is 0 Å². The van der Waals surface area contributed by atoms with Crippen LogP contribution in [-0.4, -0.2) is 13.2 Å². The van der Waals surface area contributed by atoms with E-state index in [1.165, 1.54) is 24.0 Å². The minimum atomic E-state index is 0.160. The second-order valence-corrected chi connectivity index (χ2v) is 4.55. The van der Waals surface area contributed by atoms with Gasteiger partial charge in [0.25, 0.3) is 0 Å². The Hall–Kier alpha value is -1.22. The van der Waals surface area contributed by atoms with Gasteiger partial charge in [0.15, 0.2) is 11.5 Å². The van der Waals surface area contributed by atoms with E-state index in [0.717, 1.165) is 24.3 Å². The molecule has 3 rings (SSSR count). The minimum Gasteiger partial charge on any atom is -0.486 e. The Kier molecular flexibility index (Phi) is 2.48. The summed E-state index contributed by atoms with van der Waals surface area (Å²) in [6.45, 7) is 1.29.